The van der Waals surface area contributed by atoms with E-state index >= 15 is 0 Å². The van der Waals surface area contributed by atoms with E-state index in [0.717, 1.165) is 60.8 Å². The van der Waals surface area contributed by atoms with Crippen LogP contribution in [0.4, 0.5) is 0 Å². The SMILES string of the molecule is Cn1nc(CN2CC[C@@](O)(CN3CCCCC3)C2)c2c(Cl)cccc21. The van der Waals surface area contributed by atoms with Crippen molar-refractivity contribution in [2.45, 2.75) is 37.8 Å². The smallest absolute Gasteiger partial charge is 0.0912 e. The minimum Gasteiger partial charge on any atom is -0.387 e. The summed E-state index contributed by atoms with van der Waals surface area (Å²) in [6.07, 6.45) is 4.69. The maximum Gasteiger partial charge on any atom is 0.0912 e. The van der Waals surface area contributed by atoms with Gasteiger partial charge >= 0.3 is 0 Å². The summed E-state index contributed by atoms with van der Waals surface area (Å²) < 4.78 is 1.90. The van der Waals surface area contributed by atoms with Crippen molar-refractivity contribution < 1.29 is 5.11 Å². The fraction of sp³-hybridized carbons (Fsp3) is 0.632. The first-order chi connectivity index (χ1) is 12.0. The average Bonchev–Trinajstić information content (AvgIpc) is 3.10. The molecule has 0 spiro atoms. The van der Waals surface area contributed by atoms with Crippen LogP contribution in [0.1, 0.15) is 31.4 Å². The van der Waals surface area contributed by atoms with Crippen LogP contribution in [0.3, 0.4) is 0 Å². The Balaban J connectivity index is 1.46. The molecule has 0 aliphatic carbocycles. The molecule has 0 saturated carbocycles. The lowest BCUT2D eigenvalue weighted by Crippen LogP contribution is -2.46. The van der Waals surface area contributed by atoms with Crippen LogP contribution in [-0.4, -0.2) is 63.0 Å². The highest BCUT2D eigenvalue weighted by Gasteiger charge is 2.38. The summed E-state index contributed by atoms with van der Waals surface area (Å²) in [6.45, 7) is 5.42. The summed E-state index contributed by atoms with van der Waals surface area (Å²) in [5.74, 6) is 0. The molecule has 2 aliphatic heterocycles. The van der Waals surface area contributed by atoms with Gasteiger partial charge in [0, 0.05) is 38.6 Å². The van der Waals surface area contributed by atoms with Crippen molar-refractivity contribution in [1.82, 2.24) is 19.6 Å². The molecule has 1 aromatic carbocycles. The highest BCUT2D eigenvalue weighted by atomic mass is 35.5. The molecule has 2 aliphatic rings. The first-order valence-electron chi connectivity index (χ1n) is 9.31. The van der Waals surface area contributed by atoms with Crippen LogP contribution >= 0.6 is 11.6 Å². The van der Waals surface area contributed by atoms with Crippen LogP contribution in [0.15, 0.2) is 18.2 Å². The number of benzene rings is 1. The van der Waals surface area contributed by atoms with Gasteiger partial charge in [0.25, 0.3) is 0 Å². The van der Waals surface area contributed by atoms with E-state index < -0.39 is 5.60 Å². The highest BCUT2D eigenvalue weighted by molar-refractivity contribution is 6.35. The molecule has 25 heavy (non-hydrogen) atoms. The normalized spacial score (nSPS) is 25.9. The molecule has 6 heteroatoms. The third-order valence-corrected chi connectivity index (χ3v) is 5.97. The number of hydrogen-bond donors (Lipinski definition) is 1. The van der Waals surface area contributed by atoms with Gasteiger partial charge in [-0.05, 0) is 44.5 Å². The van der Waals surface area contributed by atoms with Crippen molar-refractivity contribution in [3.05, 3.63) is 28.9 Å². The Hall–Kier alpha value is -1.14. The first kappa shape index (κ1) is 17.3. The number of piperidine rings is 1. The third-order valence-electron chi connectivity index (χ3n) is 5.65. The Labute approximate surface area is 154 Å². The predicted molar refractivity (Wildman–Crippen MR) is 101 cm³/mol. The average molecular weight is 363 g/mol. The molecule has 1 atom stereocenters. The number of β-amino-alcohol motifs (C(OH)–C–C–N with tert-alkyl or cyclic N) is 1. The van der Waals surface area contributed by atoms with E-state index in [-0.39, 0.29) is 0 Å². The second-order valence-corrected chi connectivity index (χ2v) is 8.13. The zero-order valence-corrected chi connectivity index (χ0v) is 15.7. The Morgan fingerprint density at radius 3 is 2.76 bits per heavy atom. The molecule has 3 heterocycles. The Morgan fingerprint density at radius 1 is 1.16 bits per heavy atom. The van der Waals surface area contributed by atoms with Crippen LogP contribution in [0, 0.1) is 0 Å². The Bertz CT molecular complexity index is 755. The number of likely N-dealkylation sites (tertiary alicyclic amines) is 2. The molecule has 0 bridgehead atoms. The molecule has 4 rings (SSSR count). The van der Waals surface area contributed by atoms with Gasteiger partial charge in [-0.15, -0.1) is 0 Å². The lowest BCUT2D eigenvalue weighted by Gasteiger charge is -2.33. The summed E-state index contributed by atoms with van der Waals surface area (Å²) in [5.41, 5.74) is 1.47. The number of nitrogens with zero attached hydrogens (tertiary/aromatic N) is 4. The molecular formula is C19H27ClN4O. The summed E-state index contributed by atoms with van der Waals surface area (Å²) in [6, 6.07) is 5.93. The van der Waals surface area contributed by atoms with E-state index in [0.29, 0.717) is 6.54 Å². The molecule has 2 fully saturated rings. The van der Waals surface area contributed by atoms with Crippen molar-refractivity contribution in [2.75, 3.05) is 32.7 Å². The summed E-state index contributed by atoms with van der Waals surface area (Å²) in [4.78, 5) is 4.75. The van der Waals surface area contributed by atoms with Gasteiger partial charge in [0.2, 0.25) is 0 Å². The highest BCUT2D eigenvalue weighted by Crippen LogP contribution is 2.30. The van der Waals surface area contributed by atoms with Crippen molar-refractivity contribution in [3.8, 4) is 0 Å². The summed E-state index contributed by atoms with van der Waals surface area (Å²) in [7, 11) is 1.96. The first-order valence-corrected chi connectivity index (χ1v) is 9.69. The van der Waals surface area contributed by atoms with Gasteiger partial charge in [0.05, 0.1) is 21.8 Å². The molecule has 2 saturated heterocycles. The number of hydrogen-bond acceptors (Lipinski definition) is 4. The van der Waals surface area contributed by atoms with Gasteiger partial charge in [-0.3, -0.25) is 9.58 Å². The number of rotatable bonds is 4. The Morgan fingerprint density at radius 2 is 1.96 bits per heavy atom. The van der Waals surface area contributed by atoms with Crippen LogP contribution in [-0.2, 0) is 13.6 Å². The van der Waals surface area contributed by atoms with Gasteiger partial charge < -0.3 is 10.0 Å². The van der Waals surface area contributed by atoms with E-state index in [1.807, 2.05) is 29.9 Å². The van der Waals surface area contributed by atoms with Crippen LogP contribution in [0.2, 0.25) is 5.02 Å². The standard InChI is InChI=1S/C19H27ClN4O/c1-22-17-7-5-6-15(20)18(17)16(21-22)12-24-11-8-19(25,14-24)13-23-9-3-2-4-10-23/h5-7,25H,2-4,8-14H2,1H3/t19-/m1/s1. The van der Waals surface area contributed by atoms with Gasteiger partial charge in [0.1, 0.15) is 0 Å². The van der Waals surface area contributed by atoms with Crippen LogP contribution < -0.4 is 0 Å². The molecule has 2 aromatic rings. The van der Waals surface area contributed by atoms with E-state index in [9.17, 15) is 5.11 Å². The second-order valence-electron chi connectivity index (χ2n) is 7.73. The number of fused-ring (bicyclic) bond motifs is 1. The largest absolute Gasteiger partial charge is 0.387 e. The molecule has 136 valence electrons. The minimum atomic E-state index is -0.592. The van der Waals surface area contributed by atoms with Crippen LogP contribution in [0.25, 0.3) is 10.9 Å². The fourth-order valence-electron chi connectivity index (χ4n) is 4.41. The minimum absolute atomic E-state index is 0.592. The lowest BCUT2D eigenvalue weighted by molar-refractivity contribution is 0.00629. The topological polar surface area (TPSA) is 44.5 Å². The van der Waals surface area contributed by atoms with Crippen molar-refractivity contribution in [1.29, 1.82) is 0 Å². The lowest BCUT2D eigenvalue weighted by atomic mass is 10.0. The molecule has 1 N–H and O–H groups in total. The second kappa shape index (κ2) is 6.88. The van der Waals surface area contributed by atoms with E-state index in [1.54, 1.807) is 0 Å². The van der Waals surface area contributed by atoms with Crippen LogP contribution in [0.5, 0.6) is 0 Å². The summed E-state index contributed by atoms with van der Waals surface area (Å²) in [5, 5.41) is 17.5. The maximum absolute atomic E-state index is 11.0. The van der Waals surface area contributed by atoms with Crippen molar-refractivity contribution in [3.63, 3.8) is 0 Å². The van der Waals surface area contributed by atoms with Crippen molar-refractivity contribution >= 4 is 22.5 Å². The van der Waals surface area contributed by atoms with Gasteiger partial charge in [0.15, 0.2) is 0 Å². The number of aliphatic hydroxyl groups is 1. The summed E-state index contributed by atoms with van der Waals surface area (Å²) >= 11 is 6.42. The molecular weight excluding hydrogens is 336 g/mol. The zero-order chi connectivity index (χ0) is 17.4. The van der Waals surface area contributed by atoms with Gasteiger partial charge in [-0.1, -0.05) is 24.1 Å². The van der Waals surface area contributed by atoms with E-state index in [2.05, 4.69) is 14.9 Å². The predicted octanol–water partition coefficient (Wildman–Crippen LogP) is 2.65. The maximum atomic E-state index is 11.0. The van der Waals surface area contributed by atoms with Gasteiger partial charge in [-0.2, -0.15) is 5.10 Å². The number of aromatic nitrogens is 2. The Kier molecular flexibility index (Phi) is 4.75. The molecule has 1 aromatic heterocycles. The monoisotopic (exact) mass is 362 g/mol. The zero-order valence-electron chi connectivity index (χ0n) is 14.9. The molecule has 0 radical (unpaired) electrons. The van der Waals surface area contributed by atoms with Crippen molar-refractivity contribution in [2.24, 2.45) is 7.05 Å². The molecule has 5 nitrogen and oxygen atoms in total. The quantitative estimate of drug-likeness (QED) is 0.908. The number of aryl methyl sites for hydroxylation is 1. The van der Waals surface area contributed by atoms with Gasteiger partial charge in [-0.25, -0.2) is 0 Å². The molecule has 0 amide bonds. The number of halogens is 1. The molecule has 0 unspecified atom stereocenters. The fourth-order valence-corrected chi connectivity index (χ4v) is 4.69. The van der Waals surface area contributed by atoms with E-state index in [4.69, 9.17) is 11.6 Å². The third kappa shape index (κ3) is 3.56. The van der Waals surface area contributed by atoms with E-state index in [1.165, 1.54) is 19.3 Å².